The third kappa shape index (κ3) is 2.73. The van der Waals surface area contributed by atoms with Crippen LogP contribution in [0.1, 0.15) is 10.4 Å². The van der Waals surface area contributed by atoms with Crippen LogP contribution in [0.25, 0.3) is 11.2 Å². The lowest BCUT2D eigenvalue weighted by atomic mass is 10.2. The normalized spacial score (nSPS) is 10.6. The Bertz CT molecular complexity index is 783. The fraction of sp³-hybridized carbons (Fsp3) is 0.200. The molecule has 0 N–H and O–H groups in total. The number of methoxy groups -OCH3 is 1. The number of hydrogen-bond acceptors (Lipinski definition) is 6. The fourth-order valence-electron chi connectivity index (χ4n) is 2.08. The van der Waals surface area contributed by atoms with Crippen molar-refractivity contribution in [1.82, 2.24) is 19.5 Å². The maximum Gasteiger partial charge on any atom is 0.245 e. The van der Waals surface area contributed by atoms with Gasteiger partial charge in [0.1, 0.15) is 25.0 Å². The van der Waals surface area contributed by atoms with Crippen LogP contribution in [0.3, 0.4) is 0 Å². The molecule has 3 rings (SSSR count). The second-order valence-corrected chi connectivity index (χ2v) is 4.53. The number of nitrogens with zero attached hydrogens (tertiary/aromatic N) is 4. The van der Waals surface area contributed by atoms with Crippen LogP contribution in [0.4, 0.5) is 0 Å². The number of carbonyl (C=O) groups excluding carboxylic acids is 1. The Hall–Kier alpha value is -2.96. The van der Waals surface area contributed by atoms with E-state index >= 15 is 0 Å². The van der Waals surface area contributed by atoms with Crippen molar-refractivity contribution in [3.8, 4) is 11.6 Å². The number of aromatic nitrogens is 4. The Morgan fingerprint density at radius 3 is 2.73 bits per heavy atom. The van der Waals surface area contributed by atoms with E-state index in [1.54, 1.807) is 37.7 Å². The van der Waals surface area contributed by atoms with Crippen molar-refractivity contribution in [3.05, 3.63) is 42.5 Å². The summed E-state index contributed by atoms with van der Waals surface area (Å²) in [6.45, 7) is 1.05. The molecule has 7 nitrogen and oxygen atoms in total. The van der Waals surface area contributed by atoms with Crippen molar-refractivity contribution in [2.45, 2.75) is 6.54 Å². The molecule has 0 atom stereocenters. The van der Waals surface area contributed by atoms with Crippen molar-refractivity contribution in [1.29, 1.82) is 0 Å². The van der Waals surface area contributed by atoms with Gasteiger partial charge in [-0.1, -0.05) is 0 Å². The molecule has 7 heteroatoms. The Kier molecular flexibility index (Phi) is 3.95. The highest BCUT2D eigenvalue weighted by Gasteiger charge is 2.10. The zero-order chi connectivity index (χ0) is 15.4. The van der Waals surface area contributed by atoms with Crippen LogP contribution >= 0.6 is 0 Å². The van der Waals surface area contributed by atoms with E-state index in [1.807, 2.05) is 4.57 Å². The van der Waals surface area contributed by atoms with Gasteiger partial charge in [-0.05, 0) is 24.3 Å². The molecule has 0 aliphatic rings. The second kappa shape index (κ2) is 6.21. The zero-order valence-corrected chi connectivity index (χ0v) is 12.0. The molecule has 3 aromatic rings. The highest BCUT2D eigenvalue weighted by molar-refractivity contribution is 5.76. The zero-order valence-electron chi connectivity index (χ0n) is 12.0. The van der Waals surface area contributed by atoms with Gasteiger partial charge in [0, 0.05) is 5.56 Å². The van der Waals surface area contributed by atoms with Crippen LogP contribution in [0.5, 0.6) is 11.6 Å². The predicted molar refractivity (Wildman–Crippen MR) is 79.2 cm³/mol. The van der Waals surface area contributed by atoms with Gasteiger partial charge in [-0.25, -0.2) is 9.97 Å². The van der Waals surface area contributed by atoms with Gasteiger partial charge in [0.15, 0.2) is 11.2 Å². The molecular weight excluding hydrogens is 284 g/mol. The number of aldehydes is 1. The largest absolute Gasteiger partial charge is 0.492 e. The van der Waals surface area contributed by atoms with Crippen LogP contribution in [0.2, 0.25) is 0 Å². The van der Waals surface area contributed by atoms with Crippen molar-refractivity contribution < 1.29 is 14.3 Å². The van der Waals surface area contributed by atoms with E-state index in [0.717, 1.165) is 6.29 Å². The third-order valence-electron chi connectivity index (χ3n) is 3.18. The van der Waals surface area contributed by atoms with Gasteiger partial charge in [-0.15, -0.1) is 0 Å². The number of benzene rings is 1. The lowest BCUT2D eigenvalue weighted by molar-refractivity contribution is 0.112. The van der Waals surface area contributed by atoms with Crippen molar-refractivity contribution >= 4 is 17.5 Å². The second-order valence-electron chi connectivity index (χ2n) is 4.53. The maximum absolute atomic E-state index is 10.6. The molecule has 0 aliphatic heterocycles. The smallest absolute Gasteiger partial charge is 0.245 e. The summed E-state index contributed by atoms with van der Waals surface area (Å²) in [7, 11) is 1.55. The Labute approximate surface area is 126 Å². The molecule has 22 heavy (non-hydrogen) atoms. The molecule has 0 aliphatic carbocycles. The quantitative estimate of drug-likeness (QED) is 0.645. The Balaban J connectivity index is 1.67. The van der Waals surface area contributed by atoms with E-state index in [1.165, 1.54) is 6.33 Å². The van der Waals surface area contributed by atoms with E-state index in [-0.39, 0.29) is 0 Å². The van der Waals surface area contributed by atoms with Crippen LogP contribution in [0.15, 0.2) is 36.9 Å². The van der Waals surface area contributed by atoms with E-state index in [2.05, 4.69) is 15.0 Å². The number of carbonyl (C=O) groups is 1. The summed E-state index contributed by atoms with van der Waals surface area (Å²) >= 11 is 0. The number of imidazole rings is 1. The first-order chi connectivity index (χ1) is 10.8. The first kappa shape index (κ1) is 14.0. The molecule has 112 valence electrons. The Morgan fingerprint density at radius 2 is 2.00 bits per heavy atom. The first-order valence-corrected chi connectivity index (χ1v) is 6.69. The molecule has 2 heterocycles. The fourth-order valence-corrected chi connectivity index (χ4v) is 2.08. The SMILES string of the molecule is COc1ncnc2c1ncn2CCOc1ccc(C=O)cc1. The summed E-state index contributed by atoms with van der Waals surface area (Å²) < 4.78 is 12.7. The molecule has 0 unspecified atom stereocenters. The molecular formula is C15H14N4O3. The monoisotopic (exact) mass is 298 g/mol. The molecule has 0 fully saturated rings. The Morgan fingerprint density at radius 1 is 1.18 bits per heavy atom. The van der Waals surface area contributed by atoms with Crippen molar-refractivity contribution in [3.63, 3.8) is 0 Å². The molecule has 0 spiro atoms. The van der Waals surface area contributed by atoms with E-state index in [4.69, 9.17) is 9.47 Å². The van der Waals surface area contributed by atoms with Crippen molar-refractivity contribution in [2.24, 2.45) is 0 Å². The van der Waals surface area contributed by atoms with Gasteiger partial charge in [-0.2, -0.15) is 4.98 Å². The lowest BCUT2D eigenvalue weighted by Crippen LogP contribution is -2.08. The molecule has 0 saturated heterocycles. The predicted octanol–water partition coefficient (Wildman–Crippen LogP) is 1.73. The minimum Gasteiger partial charge on any atom is -0.492 e. The minimum atomic E-state index is 0.453. The molecule has 1 aromatic carbocycles. The summed E-state index contributed by atoms with van der Waals surface area (Å²) in [6, 6.07) is 6.96. The van der Waals surface area contributed by atoms with Gasteiger partial charge >= 0.3 is 0 Å². The molecule has 0 bridgehead atoms. The van der Waals surface area contributed by atoms with E-state index in [0.29, 0.717) is 41.5 Å². The van der Waals surface area contributed by atoms with Gasteiger partial charge in [0.2, 0.25) is 5.88 Å². The van der Waals surface area contributed by atoms with Crippen LogP contribution < -0.4 is 9.47 Å². The summed E-state index contributed by atoms with van der Waals surface area (Å²) in [5, 5.41) is 0. The number of rotatable bonds is 6. The molecule has 0 radical (unpaired) electrons. The minimum absolute atomic E-state index is 0.453. The van der Waals surface area contributed by atoms with Crippen LogP contribution in [-0.4, -0.2) is 39.5 Å². The number of hydrogen-bond donors (Lipinski definition) is 0. The molecule has 2 aromatic heterocycles. The van der Waals surface area contributed by atoms with Gasteiger partial charge in [-0.3, -0.25) is 4.79 Å². The summed E-state index contributed by atoms with van der Waals surface area (Å²) in [5.41, 5.74) is 1.95. The third-order valence-corrected chi connectivity index (χ3v) is 3.18. The maximum atomic E-state index is 10.6. The highest BCUT2D eigenvalue weighted by atomic mass is 16.5. The standard InChI is InChI=1S/C15H14N4O3/c1-21-15-13-14(16-9-17-15)19(10-18-13)6-7-22-12-4-2-11(8-20)3-5-12/h2-5,8-10H,6-7H2,1H3. The average Bonchev–Trinajstić information content (AvgIpc) is 2.99. The van der Waals surface area contributed by atoms with Crippen LogP contribution in [0, 0.1) is 0 Å². The lowest BCUT2D eigenvalue weighted by Gasteiger charge is -2.07. The van der Waals surface area contributed by atoms with E-state index in [9.17, 15) is 4.79 Å². The van der Waals surface area contributed by atoms with Gasteiger partial charge in [0.25, 0.3) is 0 Å². The summed E-state index contributed by atoms with van der Waals surface area (Å²) in [4.78, 5) is 23.1. The van der Waals surface area contributed by atoms with E-state index < -0.39 is 0 Å². The van der Waals surface area contributed by atoms with Gasteiger partial charge < -0.3 is 14.0 Å². The number of ether oxygens (including phenoxy) is 2. The number of fused-ring (bicyclic) bond motifs is 1. The van der Waals surface area contributed by atoms with Crippen molar-refractivity contribution in [2.75, 3.05) is 13.7 Å². The van der Waals surface area contributed by atoms with Crippen LogP contribution in [-0.2, 0) is 6.54 Å². The molecule has 0 saturated carbocycles. The summed E-state index contributed by atoms with van der Waals surface area (Å²) in [5.74, 6) is 1.16. The topological polar surface area (TPSA) is 79.1 Å². The average molecular weight is 298 g/mol. The summed E-state index contributed by atoms with van der Waals surface area (Å²) in [6.07, 6.45) is 3.92. The highest BCUT2D eigenvalue weighted by Crippen LogP contribution is 2.18. The van der Waals surface area contributed by atoms with Gasteiger partial charge in [0.05, 0.1) is 20.0 Å². The molecule has 0 amide bonds. The first-order valence-electron chi connectivity index (χ1n) is 6.69.